The van der Waals surface area contributed by atoms with Gasteiger partial charge in [-0.15, -0.1) is 0 Å². The summed E-state index contributed by atoms with van der Waals surface area (Å²) in [7, 11) is 0. The highest BCUT2D eigenvalue weighted by Gasteiger charge is 2.43. The van der Waals surface area contributed by atoms with E-state index in [0.29, 0.717) is 12.0 Å². The zero-order valence-corrected chi connectivity index (χ0v) is 18.8. The Balaban J connectivity index is 1.63. The minimum absolute atomic E-state index is 0.00122. The Labute approximate surface area is 193 Å². The van der Waals surface area contributed by atoms with Crippen LogP contribution < -0.4 is 0 Å². The van der Waals surface area contributed by atoms with Gasteiger partial charge in [0.15, 0.2) is 0 Å². The summed E-state index contributed by atoms with van der Waals surface area (Å²) in [6.07, 6.45) is 13.4. The molecule has 170 valence electrons. The molecule has 2 fully saturated rings. The maximum atomic E-state index is 14.1. The Morgan fingerprint density at radius 3 is 2.64 bits per heavy atom. The van der Waals surface area contributed by atoms with Gasteiger partial charge in [-0.3, -0.25) is 9.78 Å². The lowest BCUT2D eigenvalue weighted by molar-refractivity contribution is -0.156. The third-order valence-electron chi connectivity index (χ3n) is 7.21. The summed E-state index contributed by atoms with van der Waals surface area (Å²) in [6, 6.07) is 9.35. The van der Waals surface area contributed by atoms with Crippen LogP contribution in [0.2, 0.25) is 0 Å². The number of halogens is 1. The highest BCUT2D eigenvalue weighted by molar-refractivity contribution is 5.90. The van der Waals surface area contributed by atoms with Crippen molar-refractivity contribution in [2.75, 3.05) is 0 Å². The fourth-order valence-electron chi connectivity index (χ4n) is 5.30. The van der Waals surface area contributed by atoms with Gasteiger partial charge in [-0.25, -0.2) is 4.39 Å². The Morgan fingerprint density at radius 1 is 1.18 bits per heavy atom. The zero-order chi connectivity index (χ0) is 23.0. The second-order valence-electron chi connectivity index (χ2n) is 9.49. The topological polar surface area (TPSA) is 59.4 Å². The molecule has 5 heteroatoms. The first-order valence-corrected chi connectivity index (χ1v) is 11.6. The summed E-state index contributed by atoms with van der Waals surface area (Å²) in [6.45, 7) is 1.78. The summed E-state index contributed by atoms with van der Waals surface area (Å²) < 4.78 is 19.5. The number of pyridine rings is 1. The second kappa shape index (κ2) is 8.71. The predicted octanol–water partition coefficient (Wildman–Crippen LogP) is 5.56. The van der Waals surface area contributed by atoms with Gasteiger partial charge >= 0.3 is 5.97 Å². The van der Waals surface area contributed by atoms with Crippen molar-refractivity contribution in [1.29, 1.82) is 0 Å². The highest BCUT2D eigenvalue weighted by Crippen LogP contribution is 2.58. The molecule has 0 radical (unpaired) electrons. The van der Waals surface area contributed by atoms with E-state index in [0.717, 1.165) is 42.4 Å². The average Bonchev–Trinajstić information content (AvgIpc) is 2.78. The number of carbonyl (C=O) groups is 1. The number of nitrogens with zero attached hydrogens (tertiary/aromatic N) is 1. The van der Waals surface area contributed by atoms with Gasteiger partial charge in [0.25, 0.3) is 0 Å². The molecule has 1 saturated heterocycles. The Hall–Kier alpha value is -3.05. The van der Waals surface area contributed by atoms with Crippen LogP contribution in [0.1, 0.15) is 55.2 Å². The number of hydrogen-bond acceptors (Lipinski definition) is 4. The number of cyclic esters (lactones) is 1. The number of rotatable bonds is 4. The summed E-state index contributed by atoms with van der Waals surface area (Å²) >= 11 is 0. The Morgan fingerprint density at radius 2 is 1.97 bits per heavy atom. The van der Waals surface area contributed by atoms with Crippen molar-refractivity contribution in [3.63, 3.8) is 0 Å². The van der Waals surface area contributed by atoms with E-state index >= 15 is 0 Å². The molecule has 33 heavy (non-hydrogen) atoms. The van der Waals surface area contributed by atoms with Crippen LogP contribution in [0, 0.1) is 18.2 Å². The molecule has 4 nitrogen and oxygen atoms in total. The van der Waals surface area contributed by atoms with Gasteiger partial charge < -0.3 is 9.84 Å². The monoisotopic (exact) mass is 445 g/mol. The fraction of sp³-hybridized carbons (Fsp3) is 0.357. The van der Waals surface area contributed by atoms with Crippen molar-refractivity contribution >= 4 is 17.1 Å². The molecule has 1 N–H and O–H groups in total. The highest BCUT2D eigenvalue weighted by atomic mass is 19.1. The number of benzene rings is 1. The van der Waals surface area contributed by atoms with Crippen molar-refractivity contribution in [2.24, 2.45) is 5.41 Å². The van der Waals surface area contributed by atoms with E-state index in [2.05, 4.69) is 17.1 Å². The fourth-order valence-corrected chi connectivity index (χ4v) is 5.30. The van der Waals surface area contributed by atoms with E-state index in [-0.39, 0.29) is 23.6 Å². The van der Waals surface area contributed by atoms with E-state index in [1.807, 2.05) is 42.7 Å². The third-order valence-corrected chi connectivity index (χ3v) is 7.21. The molecule has 2 heterocycles. The van der Waals surface area contributed by atoms with Crippen LogP contribution in [-0.4, -0.2) is 28.3 Å². The maximum Gasteiger partial charge on any atom is 0.309 e. The molecule has 1 aliphatic heterocycles. The number of aliphatic hydroxyl groups is 1. The lowest BCUT2D eigenvalue weighted by Crippen LogP contribution is -2.34. The molecule has 2 atom stereocenters. The number of esters is 1. The molecule has 0 bridgehead atoms. The van der Waals surface area contributed by atoms with Gasteiger partial charge in [0.05, 0.1) is 12.5 Å². The number of hydrogen-bond donors (Lipinski definition) is 1. The van der Waals surface area contributed by atoms with E-state index < -0.39 is 12.2 Å². The molecule has 1 spiro atoms. The number of aryl methyl sites for hydroxylation is 1. The van der Waals surface area contributed by atoms with Gasteiger partial charge in [0, 0.05) is 18.8 Å². The lowest BCUT2D eigenvalue weighted by atomic mass is 9.57. The second-order valence-corrected chi connectivity index (χ2v) is 9.49. The van der Waals surface area contributed by atoms with E-state index in [1.165, 1.54) is 17.2 Å². The van der Waals surface area contributed by atoms with Crippen molar-refractivity contribution in [2.45, 2.75) is 57.7 Å². The number of carbonyl (C=O) groups excluding carboxylic acids is 1. The van der Waals surface area contributed by atoms with Gasteiger partial charge in [-0.05, 0) is 95.4 Å². The molecule has 1 saturated carbocycles. The summed E-state index contributed by atoms with van der Waals surface area (Å²) in [4.78, 5) is 16.0. The summed E-state index contributed by atoms with van der Waals surface area (Å²) in [5.74, 6) is -0.583. The first-order valence-electron chi connectivity index (χ1n) is 11.6. The van der Waals surface area contributed by atoms with Gasteiger partial charge in [0.1, 0.15) is 11.9 Å². The zero-order valence-electron chi connectivity index (χ0n) is 18.8. The number of ether oxygens (including phenoxy) is 1. The van der Waals surface area contributed by atoms with Crippen molar-refractivity contribution in [3.05, 3.63) is 89.0 Å². The standard InChI is InChI=1S/C28H28FNO3/c1-18-13-20(3-6-26(18)29)24-14-21(19-7-11-30-12-8-19)17-28(9-2-10-28)25(24)5-4-23-15-22(31)16-27(32)33-23/h3-8,11-14,22-23,31H,2,9-10,15-17H2,1H3. The van der Waals surface area contributed by atoms with E-state index in [4.69, 9.17) is 4.74 Å². The average molecular weight is 446 g/mol. The lowest BCUT2D eigenvalue weighted by Gasteiger charge is -2.47. The van der Waals surface area contributed by atoms with E-state index in [9.17, 15) is 14.3 Å². The molecule has 1 aromatic heterocycles. The van der Waals surface area contributed by atoms with Crippen molar-refractivity contribution in [1.82, 2.24) is 4.98 Å². The molecular formula is C28H28FNO3. The normalized spacial score (nSPS) is 24.6. The molecule has 2 aromatic rings. The number of allylic oxidation sites excluding steroid dienone is 5. The SMILES string of the molecule is Cc1cc(C2=C(C=CC3CC(O)CC(=O)O3)C3(CCC3)CC(c3ccncc3)=C2)ccc1F. The minimum Gasteiger partial charge on any atom is -0.458 e. The Bertz CT molecular complexity index is 1160. The first-order chi connectivity index (χ1) is 15.9. The smallest absolute Gasteiger partial charge is 0.309 e. The molecule has 1 aromatic carbocycles. The predicted molar refractivity (Wildman–Crippen MR) is 125 cm³/mol. The van der Waals surface area contributed by atoms with Crippen LogP contribution >= 0.6 is 0 Å². The van der Waals surface area contributed by atoms with E-state index in [1.54, 1.807) is 6.92 Å². The van der Waals surface area contributed by atoms with Crippen LogP contribution in [-0.2, 0) is 9.53 Å². The molecule has 2 aliphatic carbocycles. The Kier molecular flexibility index (Phi) is 5.75. The van der Waals surface area contributed by atoms with Crippen LogP contribution in [0.5, 0.6) is 0 Å². The molecule has 5 rings (SSSR count). The largest absolute Gasteiger partial charge is 0.458 e. The van der Waals surface area contributed by atoms with Crippen LogP contribution in [0.25, 0.3) is 11.1 Å². The van der Waals surface area contributed by atoms with Crippen LogP contribution in [0.15, 0.2) is 66.5 Å². The first kappa shape index (κ1) is 21.8. The quantitative estimate of drug-likeness (QED) is 0.626. The molecule has 0 amide bonds. The summed E-state index contributed by atoms with van der Waals surface area (Å²) in [5.41, 5.74) is 6.28. The molecule has 3 aliphatic rings. The van der Waals surface area contributed by atoms with Crippen molar-refractivity contribution in [3.8, 4) is 0 Å². The number of aromatic nitrogens is 1. The van der Waals surface area contributed by atoms with Gasteiger partial charge in [0.2, 0.25) is 0 Å². The molecular weight excluding hydrogens is 417 g/mol. The van der Waals surface area contributed by atoms with Crippen LogP contribution in [0.3, 0.4) is 0 Å². The van der Waals surface area contributed by atoms with Gasteiger partial charge in [-0.1, -0.05) is 24.6 Å². The minimum atomic E-state index is -0.670. The number of aliphatic hydroxyl groups excluding tert-OH is 1. The van der Waals surface area contributed by atoms with Crippen LogP contribution in [0.4, 0.5) is 4.39 Å². The maximum absolute atomic E-state index is 14.1. The molecule has 2 unspecified atom stereocenters. The third kappa shape index (κ3) is 4.30. The van der Waals surface area contributed by atoms with Gasteiger partial charge in [-0.2, -0.15) is 0 Å². The summed E-state index contributed by atoms with van der Waals surface area (Å²) in [5, 5.41) is 10.00. The van der Waals surface area contributed by atoms with Crippen molar-refractivity contribution < 1.29 is 19.0 Å².